The van der Waals surface area contributed by atoms with Gasteiger partial charge in [0.1, 0.15) is 5.84 Å². The lowest BCUT2D eigenvalue weighted by Gasteiger charge is -1.96. The van der Waals surface area contributed by atoms with Crippen LogP contribution in [0, 0.1) is 6.92 Å². The van der Waals surface area contributed by atoms with Crippen LogP contribution in [0.5, 0.6) is 0 Å². The van der Waals surface area contributed by atoms with Gasteiger partial charge in [0.15, 0.2) is 0 Å². The highest BCUT2D eigenvalue weighted by Gasteiger charge is 2.01. The molecule has 1 aromatic rings. The molecule has 82 valence electrons. The molecule has 1 aromatic carbocycles. The topological polar surface area (TPSA) is 55.4 Å². The van der Waals surface area contributed by atoms with Crippen LogP contribution in [0.15, 0.2) is 29.3 Å². The van der Waals surface area contributed by atoms with Crippen molar-refractivity contribution in [1.29, 1.82) is 0 Å². The molecule has 2 N–H and O–H groups in total. The summed E-state index contributed by atoms with van der Waals surface area (Å²) in [6.07, 6.45) is 0. The molecule has 0 spiro atoms. The Bertz CT molecular complexity index is 335. The number of carbonyl (C=O) groups excluding carboxylic acids is 1. The third kappa shape index (κ3) is 4.96. The van der Waals surface area contributed by atoms with Crippen molar-refractivity contribution in [3.8, 4) is 0 Å². The molecule has 0 aliphatic heterocycles. The van der Waals surface area contributed by atoms with Gasteiger partial charge in [-0.25, -0.2) is 0 Å². The number of amides is 1. The van der Waals surface area contributed by atoms with Gasteiger partial charge in [-0.3, -0.25) is 4.79 Å². The van der Waals surface area contributed by atoms with E-state index >= 15 is 0 Å². The van der Waals surface area contributed by atoms with E-state index in [0.29, 0.717) is 5.56 Å². The summed E-state index contributed by atoms with van der Waals surface area (Å²) in [6, 6.07) is 7.22. The maximum atomic E-state index is 11.3. The SMILES string of the molecule is CC.CC(N)=NC(=O)c1ccc(C)cc1. The Morgan fingerprint density at radius 2 is 1.67 bits per heavy atom. The van der Waals surface area contributed by atoms with Gasteiger partial charge < -0.3 is 5.73 Å². The molecule has 15 heavy (non-hydrogen) atoms. The number of aryl methyl sites for hydroxylation is 1. The van der Waals surface area contributed by atoms with Gasteiger partial charge in [0.2, 0.25) is 0 Å². The third-order valence-corrected chi connectivity index (χ3v) is 1.58. The predicted octanol–water partition coefficient (Wildman–Crippen LogP) is 2.54. The third-order valence-electron chi connectivity index (χ3n) is 1.58. The molecule has 0 fully saturated rings. The van der Waals surface area contributed by atoms with E-state index < -0.39 is 0 Å². The summed E-state index contributed by atoms with van der Waals surface area (Å²) in [5, 5.41) is 0. The van der Waals surface area contributed by atoms with E-state index in [-0.39, 0.29) is 11.7 Å². The minimum atomic E-state index is -0.292. The Morgan fingerprint density at radius 1 is 1.20 bits per heavy atom. The smallest absolute Gasteiger partial charge is 0.278 e. The fourth-order valence-electron chi connectivity index (χ4n) is 0.921. The first-order valence-electron chi connectivity index (χ1n) is 5.01. The van der Waals surface area contributed by atoms with Gasteiger partial charge in [-0.1, -0.05) is 31.5 Å². The van der Waals surface area contributed by atoms with Gasteiger partial charge in [-0.2, -0.15) is 4.99 Å². The maximum absolute atomic E-state index is 11.3. The Hall–Kier alpha value is -1.64. The molecular weight excluding hydrogens is 188 g/mol. The molecule has 0 heterocycles. The largest absolute Gasteiger partial charge is 0.387 e. The first-order chi connectivity index (χ1) is 7.09. The second kappa shape index (κ2) is 6.76. The Kier molecular flexibility index (Phi) is 6.02. The van der Waals surface area contributed by atoms with E-state index in [1.807, 2.05) is 32.9 Å². The predicted molar refractivity (Wildman–Crippen MR) is 64.2 cm³/mol. The van der Waals surface area contributed by atoms with E-state index in [4.69, 9.17) is 5.73 Å². The zero-order chi connectivity index (χ0) is 11.8. The minimum Gasteiger partial charge on any atom is -0.387 e. The van der Waals surface area contributed by atoms with Gasteiger partial charge >= 0.3 is 0 Å². The second-order valence-electron chi connectivity index (χ2n) is 2.92. The summed E-state index contributed by atoms with van der Waals surface area (Å²) in [6.45, 7) is 7.55. The average molecular weight is 206 g/mol. The van der Waals surface area contributed by atoms with Crippen molar-refractivity contribution in [2.45, 2.75) is 27.7 Å². The summed E-state index contributed by atoms with van der Waals surface area (Å²) in [5.74, 6) is -0.00873. The summed E-state index contributed by atoms with van der Waals surface area (Å²) in [7, 11) is 0. The fourth-order valence-corrected chi connectivity index (χ4v) is 0.921. The Balaban J connectivity index is 0.000000921. The quantitative estimate of drug-likeness (QED) is 0.567. The number of aliphatic imine (C=N–C) groups is 1. The number of hydrogen-bond donors (Lipinski definition) is 1. The molecule has 0 saturated carbocycles. The lowest BCUT2D eigenvalue weighted by molar-refractivity contribution is 0.100. The van der Waals surface area contributed by atoms with Crippen molar-refractivity contribution < 1.29 is 4.79 Å². The number of carbonyl (C=O) groups is 1. The molecule has 1 rings (SSSR count). The molecule has 0 atom stereocenters. The van der Waals surface area contributed by atoms with Crippen molar-refractivity contribution in [2.75, 3.05) is 0 Å². The van der Waals surface area contributed by atoms with Crippen LogP contribution in [0.4, 0.5) is 0 Å². The van der Waals surface area contributed by atoms with E-state index in [1.165, 1.54) is 0 Å². The summed E-state index contributed by atoms with van der Waals surface area (Å²) in [4.78, 5) is 14.9. The maximum Gasteiger partial charge on any atom is 0.278 e. The summed E-state index contributed by atoms with van der Waals surface area (Å²) < 4.78 is 0. The van der Waals surface area contributed by atoms with Crippen molar-refractivity contribution >= 4 is 11.7 Å². The molecule has 0 aliphatic rings. The average Bonchev–Trinajstić information content (AvgIpc) is 2.20. The normalized spacial score (nSPS) is 10.3. The number of benzene rings is 1. The molecule has 0 aromatic heterocycles. The van der Waals surface area contributed by atoms with Gasteiger partial charge in [0.05, 0.1) is 0 Å². The summed E-state index contributed by atoms with van der Waals surface area (Å²) in [5.41, 5.74) is 6.97. The lowest BCUT2D eigenvalue weighted by Crippen LogP contribution is -2.09. The van der Waals surface area contributed by atoms with Crippen LogP contribution in [0.25, 0.3) is 0 Å². The molecule has 0 bridgehead atoms. The molecule has 0 unspecified atom stereocenters. The first kappa shape index (κ1) is 13.4. The number of nitrogens with two attached hydrogens (primary N) is 1. The van der Waals surface area contributed by atoms with Crippen LogP contribution in [-0.2, 0) is 0 Å². The van der Waals surface area contributed by atoms with E-state index in [0.717, 1.165) is 5.56 Å². The molecule has 0 saturated heterocycles. The van der Waals surface area contributed by atoms with Crippen LogP contribution in [0.3, 0.4) is 0 Å². The van der Waals surface area contributed by atoms with Crippen molar-refractivity contribution in [3.05, 3.63) is 35.4 Å². The Labute approximate surface area is 91.0 Å². The fraction of sp³-hybridized carbons (Fsp3) is 0.333. The van der Waals surface area contributed by atoms with Crippen LogP contribution in [0.1, 0.15) is 36.7 Å². The molecule has 3 heteroatoms. The molecule has 3 nitrogen and oxygen atoms in total. The van der Waals surface area contributed by atoms with Gasteiger partial charge in [-0.05, 0) is 26.0 Å². The van der Waals surface area contributed by atoms with Crippen molar-refractivity contribution in [3.63, 3.8) is 0 Å². The van der Waals surface area contributed by atoms with Gasteiger partial charge in [0, 0.05) is 5.56 Å². The zero-order valence-electron chi connectivity index (χ0n) is 9.74. The van der Waals surface area contributed by atoms with Crippen molar-refractivity contribution in [2.24, 2.45) is 10.7 Å². The van der Waals surface area contributed by atoms with Crippen LogP contribution in [0.2, 0.25) is 0 Å². The molecule has 0 radical (unpaired) electrons. The number of amidine groups is 1. The van der Waals surface area contributed by atoms with Gasteiger partial charge in [-0.15, -0.1) is 0 Å². The van der Waals surface area contributed by atoms with E-state index in [2.05, 4.69) is 4.99 Å². The van der Waals surface area contributed by atoms with E-state index in [1.54, 1.807) is 19.1 Å². The highest BCUT2D eigenvalue weighted by atomic mass is 16.1. The molecular formula is C12H18N2O. The standard InChI is InChI=1S/C10H12N2O.C2H6/c1-7-3-5-9(6-4-7)10(13)12-8(2)11;1-2/h3-6H,1-2H3,(H2,11,12,13);1-2H3. The lowest BCUT2D eigenvalue weighted by atomic mass is 10.1. The number of hydrogen-bond acceptors (Lipinski definition) is 1. The highest BCUT2D eigenvalue weighted by Crippen LogP contribution is 2.04. The Morgan fingerprint density at radius 3 is 2.07 bits per heavy atom. The second-order valence-corrected chi connectivity index (χ2v) is 2.92. The highest BCUT2D eigenvalue weighted by molar-refractivity contribution is 6.02. The number of nitrogens with zero attached hydrogens (tertiary/aromatic N) is 1. The van der Waals surface area contributed by atoms with Crippen molar-refractivity contribution in [1.82, 2.24) is 0 Å². The molecule has 0 aliphatic carbocycles. The number of rotatable bonds is 1. The van der Waals surface area contributed by atoms with Gasteiger partial charge in [0.25, 0.3) is 5.91 Å². The van der Waals surface area contributed by atoms with Crippen LogP contribution >= 0.6 is 0 Å². The first-order valence-corrected chi connectivity index (χ1v) is 5.01. The summed E-state index contributed by atoms with van der Waals surface area (Å²) >= 11 is 0. The molecule has 1 amide bonds. The van der Waals surface area contributed by atoms with Crippen LogP contribution in [-0.4, -0.2) is 11.7 Å². The van der Waals surface area contributed by atoms with E-state index in [9.17, 15) is 4.79 Å². The van der Waals surface area contributed by atoms with Crippen LogP contribution < -0.4 is 5.73 Å². The monoisotopic (exact) mass is 206 g/mol. The minimum absolute atomic E-state index is 0.283. The zero-order valence-corrected chi connectivity index (χ0v) is 9.74.